The first kappa shape index (κ1) is 28.7. The van der Waals surface area contributed by atoms with Crippen molar-refractivity contribution in [3.05, 3.63) is 83.6 Å². The summed E-state index contributed by atoms with van der Waals surface area (Å²) in [6.45, 7) is 4.00. The molecule has 0 saturated carbocycles. The second kappa shape index (κ2) is 11.2. The highest BCUT2D eigenvalue weighted by atomic mass is 32.2. The van der Waals surface area contributed by atoms with E-state index in [2.05, 4.69) is 4.90 Å². The number of carboxylic acid groups (broad SMARTS) is 1. The number of fused-ring (bicyclic) bond motifs is 1. The number of alkyl halides is 3. The highest BCUT2D eigenvalue weighted by Crippen LogP contribution is 2.34. The van der Waals surface area contributed by atoms with Gasteiger partial charge in [-0.05, 0) is 71.6 Å². The molecule has 1 fully saturated rings. The summed E-state index contributed by atoms with van der Waals surface area (Å²) in [5.74, 6) is -0.888. The van der Waals surface area contributed by atoms with Gasteiger partial charge in [-0.1, -0.05) is 18.2 Å². The maximum atomic E-state index is 13.9. The zero-order valence-corrected chi connectivity index (χ0v) is 22.8. The van der Waals surface area contributed by atoms with Crippen molar-refractivity contribution < 1.29 is 41.0 Å². The number of hydrogen-bond acceptors (Lipinski definition) is 6. The molecule has 1 saturated heterocycles. The van der Waals surface area contributed by atoms with Crippen LogP contribution in [-0.2, 0) is 32.3 Å². The minimum Gasteiger partial charge on any atom is -0.482 e. The van der Waals surface area contributed by atoms with E-state index in [4.69, 9.17) is 14.6 Å². The Hall–Kier alpha value is -3.87. The molecule has 0 radical (unpaired) electrons. The van der Waals surface area contributed by atoms with Crippen LogP contribution in [0.5, 0.6) is 5.75 Å². The second-order valence-electron chi connectivity index (χ2n) is 9.76. The lowest BCUT2D eigenvalue weighted by molar-refractivity contribution is -0.139. The number of halogens is 3. The Balaban J connectivity index is 1.57. The largest absolute Gasteiger partial charge is 0.482 e. The molecular formula is C29H27F3N2O6S. The smallest absolute Gasteiger partial charge is 0.416 e. The Morgan fingerprint density at radius 2 is 1.68 bits per heavy atom. The first-order valence-electron chi connectivity index (χ1n) is 12.8. The summed E-state index contributed by atoms with van der Waals surface area (Å²) in [7, 11) is -4.08. The van der Waals surface area contributed by atoms with Crippen molar-refractivity contribution in [3.63, 3.8) is 0 Å². The third-order valence-corrected chi connectivity index (χ3v) is 8.62. The second-order valence-corrected chi connectivity index (χ2v) is 11.6. The fourth-order valence-corrected chi connectivity index (χ4v) is 6.30. The van der Waals surface area contributed by atoms with Crippen LogP contribution in [0.4, 0.5) is 13.2 Å². The van der Waals surface area contributed by atoms with Gasteiger partial charge in [0, 0.05) is 31.2 Å². The molecule has 0 unspecified atom stereocenters. The number of morpholine rings is 1. The van der Waals surface area contributed by atoms with Crippen molar-refractivity contribution in [3.8, 4) is 16.9 Å². The molecule has 3 aromatic carbocycles. The van der Waals surface area contributed by atoms with Crippen LogP contribution in [0.15, 0.2) is 71.8 Å². The summed E-state index contributed by atoms with van der Waals surface area (Å²) in [5.41, 5.74) is 2.11. The maximum absolute atomic E-state index is 13.9. The molecule has 216 valence electrons. The molecule has 0 bridgehead atoms. The SMILES string of the molecule is Cc1cc(S(=O)(=O)n2cc(CN3CCOCC3)c3cc(-c4ccc(C(F)(F)F)cc4)ccc32)ccc1OCC(=O)O. The van der Waals surface area contributed by atoms with Crippen LogP contribution >= 0.6 is 0 Å². The van der Waals surface area contributed by atoms with E-state index in [1.807, 2.05) is 0 Å². The Kier molecular flexibility index (Phi) is 7.82. The van der Waals surface area contributed by atoms with Gasteiger partial charge in [-0.25, -0.2) is 17.2 Å². The lowest BCUT2D eigenvalue weighted by Crippen LogP contribution is -2.35. The molecular weight excluding hydrogens is 561 g/mol. The lowest BCUT2D eigenvalue weighted by Gasteiger charge is -2.26. The molecule has 1 N–H and O–H groups in total. The molecule has 1 aliphatic rings. The van der Waals surface area contributed by atoms with Crippen LogP contribution in [0.3, 0.4) is 0 Å². The summed E-state index contributed by atoms with van der Waals surface area (Å²) in [6, 6.07) is 14.2. The number of ether oxygens (including phenoxy) is 2. The van der Waals surface area contributed by atoms with Gasteiger partial charge in [-0.15, -0.1) is 0 Å². The van der Waals surface area contributed by atoms with Gasteiger partial charge in [-0.3, -0.25) is 4.90 Å². The first-order chi connectivity index (χ1) is 19.4. The van der Waals surface area contributed by atoms with Gasteiger partial charge in [0.15, 0.2) is 6.61 Å². The number of aryl methyl sites for hydroxylation is 1. The monoisotopic (exact) mass is 588 g/mol. The van der Waals surface area contributed by atoms with Crippen molar-refractivity contribution >= 4 is 26.9 Å². The molecule has 0 aliphatic carbocycles. The summed E-state index contributed by atoms with van der Waals surface area (Å²) in [5, 5.41) is 9.54. The van der Waals surface area contributed by atoms with Crippen LogP contribution < -0.4 is 4.74 Å². The molecule has 12 heteroatoms. The van der Waals surface area contributed by atoms with Crippen molar-refractivity contribution in [1.82, 2.24) is 8.87 Å². The highest BCUT2D eigenvalue weighted by Gasteiger charge is 2.30. The molecule has 4 aromatic rings. The molecule has 8 nitrogen and oxygen atoms in total. The van der Waals surface area contributed by atoms with Crippen LogP contribution in [0.2, 0.25) is 0 Å². The number of aliphatic carboxylic acids is 1. The van der Waals surface area contributed by atoms with E-state index >= 15 is 0 Å². The molecule has 2 heterocycles. The summed E-state index contributed by atoms with van der Waals surface area (Å²) in [6.07, 6.45) is -2.87. The Labute approximate surface area is 234 Å². The Morgan fingerprint density at radius 1 is 1.00 bits per heavy atom. The van der Waals surface area contributed by atoms with E-state index in [0.717, 1.165) is 17.7 Å². The van der Waals surface area contributed by atoms with E-state index in [9.17, 15) is 26.4 Å². The quantitative estimate of drug-likeness (QED) is 0.303. The maximum Gasteiger partial charge on any atom is 0.416 e. The minimum absolute atomic E-state index is 0.000636. The number of carboxylic acids is 1. The van der Waals surface area contributed by atoms with Gasteiger partial charge in [0.1, 0.15) is 5.75 Å². The standard InChI is InChI=1S/C29H27F3N2O6S/c1-19-14-24(7-9-27(19)40-18-28(35)36)41(37,38)34-17-22(16-33-10-12-39-13-11-33)25-15-21(4-8-26(25)34)20-2-5-23(6-3-20)29(30,31)32/h2-9,14-15,17H,10-13,16,18H2,1H3,(H,35,36). The molecule has 0 atom stereocenters. The lowest BCUT2D eigenvalue weighted by atomic mass is 10.0. The van der Waals surface area contributed by atoms with Crippen LogP contribution in [0.1, 0.15) is 16.7 Å². The molecule has 0 amide bonds. The topological polar surface area (TPSA) is 98.1 Å². The van der Waals surface area contributed by atoms with Gasteiger partial charge in [0.05, 0.1) is 29.2 Å². The average molecular weight is 589 g/mol. The predicted molar refractivity (Wildman–Crippen MR) is 145 cm³/mol. The fraction of sp³-hybridized carbons (Fsp3) is 0.276. The Bertz CT molecular complexity index is 1690. The third kappa shape index (κ3) is 6.09. The number of nitrogens with zero attached hydrogens (tertiary/aromatic N) is 2. The van der Waals surface area contributed by atoms with E-state index in [0.29, 0.717) is 60.4 Å². The molecule has 41 heavy (non-hydrogen) atoms. The van der Waals surface area contributed by atoms with Crippen molar-refractivity contribution in [2.75, 3.05) is 32.9 Å². The molecule has 1 aromatic heterocycles. The highest BCUT2D eigenvalue weighted by molar-refractivity contribution is 7.90. The number of rotatable bonds is 8. The normalized spacial score (nSPS) is 14.8. The van der Waals surface area contributed by atoms with Gasteiger partial charge >= 0.3 is 12.1 Å². The fourth-order valence-electron chi connectivity index (χ4n) is 4.82. The van der Waals surface area contributed by atoms with Crippen molar-refractivity contribution in [1.29, 1.82) is 0 Å². The predicted octanol–water partition coefficient (Wildman–Crippen LogP) is 5.17. The number of benzene rings is 3. The number of carbonyl (C=O) groups is 1. The van der Waals surface area contributed by atoms with E-state index < -0.39 is 34.3 Å². The van der Waals surface area contributed by atoms with Gasteiger partial charge in [0.2, 0.25) is 0 Å². The minimum atomic E-state index is -4.45. The van der Waals surface area contributed by atoms with E-state index in [1.54, 1.807) is 31.3 Å². The zero-order chi connectivity index (χ0) is 29.4. The molecule has 5 rings (SSSR count). The average Bonchev–Trinajstić information content (AvgIpc) is 3.30. The number of hydrogen-bond donors (Lipinski definition) is 1. The van der Waals surface area contributed by atoms with Crippen molar-refractivity contribution in [2.24, 2.45) is 0 Å². The van der Waals surface area contributed by atoms with E-state index in [1.165, 1.54) is 34.3 Å². The van der Waals surface area contributed by atoms with Gasteiger partial charge in [0.25, 0.3) is 10.0 Å². The first-order valence-corrected chi connectivity index (χ1v) is 14.2. The summed E-state index contributed by atoms with van der Waals surface area (Å²) in [4.78, 5) is 13.0. The number of aromatic nitrogens is 1. The van der Waals surface area contributed by atoms with E-state index in [-0.39, 0.29) is 10.6 Å². The van der Waals surface area contributed by atoms with Crippen LogP contribution in [0, 0.1) is 6.92 Å². The molecule has 0 spiro atoms. The van der Waals surface area contributed by atoms with Gasteiger partial charge in [-0.2, -0.15) is 13.2 Å². The van der Waals surface area contributed by atoms with Crippen molar-refractivity contribution in [2.45, 2.75) is 24.5 Å². The zero-order valence-electron chi connectivity index (χ0n) is 22.0. The summed E-state index contributed by atoms with van der Waals surface area (Å²) < 4.78 is 78.8. The van der Waals surface area contributed by atoms with Gasteiger partial charge < -0.3 is 14.6 Å². The van der Waals surface area contributed by atoms with Crippen LogP contribution in [-0.4, -0.2) is 61.3 Å². The Morgan fingerprint density at radius 3 is 2.32 bits per heavy atom. The van der Waals surface area contributed by atoms with Crippen LogP contribution in [0.25, 0.3) is 22.0 Å². The summed E-state index contributed by atoms with van der Waals surface area (Å²) >= 11 is 0. The third-order valence-electron chi connectivity index (χ3n) is 6.95. The molecule has 1 aliphatic heterocycles.